The molecule has 0 aromatic rings. The quantitative estimate of drug-likeness (QED) is 0.767. The molecule has 1 heterocycles. The average Bonchev–Trinajstić information content (AvgIpc) is 2.18. The molecule has 3 heteroatoms. The summed E-state index contributed by atoms with van der Waals surface area (Å²) in [7, 11) is 4.29. The van der Waals surface area contributed by atoms with Crippen LogP contribution < -0.4 is 5.73 Å². The van der Waals surface area contributed by atoms with Gasteiger partial charge in [-0.25, -0.2) is 0 Å². The standard InChI is InChI=1S/C13H29N3/c1-13(2)11-16(10-9-15(3)4)8-6-12(13)5-7-14/h12H,5-11,14H2,1-4H3. The lowest BCUT2D eigenvalue weighted by atomic mass is 9.72. The minimum Gasteiger partial charge on any atom is -0.330 e. The van der Waals surface area contributed by atoms with E-state index in [1.807, 2.05) is 0 Å². The van der Waals surface area contributed by atoms with E-state index in [9.17, 15) is 0 Å². The summed E-state index contributed by atoms with van der Waals surface area (Å²) >= 11 is 0. The Balaban J connectivity index is 2.40. The molecule has 1 aliphatic rings. The van der Waals surface area contributed by atoms with E-state index in [1.54, 1.807) is 0 Å². The van der Waals surface area contributed by atoms with Crippen molar-refractivity contribution in [1.29, 1.82) is 0 Å². The lowest BCUT2D eigenvalue weighted by Gasteiger charge is -2.44. The van der Waals surface area contributed by atoms with Gasteiger partial charge in [-0.15, -0.1) is 0 Å². The lowest BCUT2D eigenvalue weighted by Crippen LogP contribution is -2.47. The van der Waals surface area contributed by atoms with Crippen molar-refractivity contribution in [2.45, 2.75) is 26.7 Å². The number of nitrogens with two attached hydrogens (primary N) is 1. The van der Waals surface area contributed by atoms with E-state index in [4.69, 9.17) is 5.73 Å². The van der Waals surface area contributed by atoms with Crippen LogP contribution >= 0.6 is 0 Å². The first kappa shape index (κ1) is 13.9. The van der Waals surface area contributed by atoms with E-state index in [0.717, 1.165) is 19.0 Å². The van der Waals surface area contributed by atoms with Gasteiger partial charge in [0.05, 0.1) is 0 Å². The Morgan fingerprint density at radius 1 is 1.38 bits per heavy atom. The number of rotatable bonds is 5. The zero-order valence-corrected chi connectivity index (χ0v) is 11.5. The SMILES string of the molecule is CN(C)CCN1CCC(CCN)C(C)(C)C1. The van der Waals surface area contributed by atoms with E-state index < -0.39 is 0 Å². The van der Waals surface area contributed by atoms with Crippen LogP contribution in [0, 0.1) is 11.3 Å². The minimum atomic E-state index is 0.434. The molecule has 0 aromatic carbocycles. The van der Waals surface area contributed by atoms with Crippen LogP contribution in [0.25, 0.3) is 0 Å². The molecule has 0 saturated carbocycles. The maximum Gasteiger partial charge on any atom is 0.0109 e. The van der Waals surface area contributed by atoms with Crippen LogP contribution in [-0.2, 0) is 0 Å². The zero-order chi connectivity index (χ0) is 12.2. The fourth-order valence-corrected chi connectivity index (χ4v) is 2.78. The van der Waals surface area contributed by atoms with Gasteiger partial charge in [-0.3, -0.25) is 0 Å². The molecule has 3 nitrogen and oxygen atoms in total. The molecule has 1 fully saturated rings. The summed E-state index contributed by atoms with van der Waals surface area (Å²) in [6, 6.07) is 0. The number of hydrogen-bond acceptors (Lipinski definition) is 3. The van der Waals surface area contributed by atoms with Gasteiger partial charge in [-0.05, 0) is 51.4 Å². The van der Waals surface area contributed by atoms with Crippen LogP contribution in [0.1, 0.15) is 26.7 Å². The fourth-order valence-electron chi connectivity index (χ4n) is 2.78. The molecule has 96 valence electrons. The molecule has 1 atom stereocenters. The van der Waals surface area contributed by atoms with Crippen LogP contribution in [0.2, 0.25) is 0 Å². The van der Waals surface area contributed by atoms with Gasteiger partial charge in [0.1, 0.15) is 0 Å². The van der Waals surface area contributed by atoms with Crippen LogP contribution in [-0.4, -0.2) is 56.6 Å². The zero-order valence-electron chi connectivity index (χ0n) is 11.5. The van der Waals surface area contributed by atoms with Crippen molar-refractivity contribution in [3.05, 3.63) is 0 Å². The second-order valence-corrected chi connectivity index (χ2v) is 6.13. The second kappa shape index (κ2) is 5.99. The first-order chi connectivity index (χ1) is 7.45. The van der Waals surface area contributed by atoms with Crippen LogP contribution in [0.15, 0.2) is 0 Å². The first-order valence-electron chi connectivity index (χ1n) is 6.53. The molecule has 1 unspecified atom stereocenters. The molecule has 0 spiro atoms. The maximum atomic E-state index is 5.69. The molecular weight excluding hydrogens is 198 g/mol. The van der Waals surface area contributed by atoms with E-state index in [-0.39, 0.29) is 0 Å². The monoisotopic (exact) mass is 227 g/mol. The maximum absolute atomic E-state index is 5.69. The fraction of sp³-hybridized carbons (Fsp3) is 1.00. The van der Waals surface area contributed by atoms with Gasteiger partial charge < -0.3 is 15.5 Å². The van der Waals surface area contributed by atoms with Crippen LogP contribution in [0.5, 0.6) is 0 Å². The van der Waals surface area contributed by atoms with E-state index in [1.165, 1.54) is 32.5 Å². The molecular formula is C13H29N3. The molecule has 0 aliphatic carbocycles. The highest BCUT2D eigenvalue weighted by Gasteiger charge is 2.34. The first-order valence-corrected chi connectivity index (χ1v) is 6.53. The predicted molar refractivity (Wildman–Crippen MR) is 70.6 cm³/mol. The third-order valence-corrected chi connectivity index (χ3v) is 3.91. The highest BCUT2D eigenvalue weighted by molar-refractivity contribution is 4.87. The Bertz CT molecular complexity index is 201. The molecule has 16 heavy (non-hydrogen) atoms. The summed E-state index contributed by atoms with van der Waals surface area (Å²) in [6.45, 7) is 10.5. The normalized spacial score (nSPS) is 26.2. The number of hydrogen-bond donors (Lipinski definition) is 1. The summed E-state index contributed by atoms with van der Waals surface area (Å²) in [6.07, 6.45) is 2.51. The summed E-state index contributed by atoms with van der Waals surface area (Å²) in [5, 5.41) is 0. The predicted octanol–water partition coefficient (Wildman–Crippen LogP) is 1.24. The van der Waals surface area contributed by atoms with Gasteiger partial charge in [0, 0.05) is 19.6 Å². The Kier molecular flexibility index (Phi) is 5.22. The average molecular weight is 227 g/mol. The number of likely N-dealkylation sites (tertiary alicyclic amines) is 1. The van der Waals surface area contributed by atoms with Gasteiger partial charge in [-0.1, -0.05) is 13.8 Å². The van der Waals surface area contributed by atoms with Crippen molar-refractivity contribution in [2.75, 3.05) is 46.8 Å². The van der Waals surface area contributed by atoms with Crippen molar-refractivity contribution in [3.63, 3.8) is 0 Å². The highest BCUT2D eigenvalue weighted by atomic mass is 15.2. The largest absolute Gasteiger partial charge is 0.330 e. The van der Waals surface area contributed by atoms with Crippen LogP contribution in [0.4, 0.5) is 0 Å². The lowest BCUT2D eigenvalue weighted by molar-refractivity contribution is 0.0483. The van der Waals surface area contributed by atoms with E-state index in [2.05, 4.69) is 37.7 Å². The summed E-state index contributed by atoms with van der Waals surface area (Å²) in [5.41, 5.74) is 6.13. The Morgan fingerprint density at radius 2 is 2.06 bits per heavy atom. The van der Waals surface area contributed by atoms with Crippen molar-refractivity contribution in [3.8, 4) is 0 Å². The highest BCUT2D eigenvalue weighted by Crippen LogP contribution is 2.36. The topological polar surface area (TPSA) is 32.5 Å². The van der Waals surface area contributed by atoms with Crippen molar-refractivity contribution >= 4 is 0 Å². The Labute approximate surface area is 101 Å². The molecule has 0 amide bonds. The van der Waals surface area contributed by atoms with Gasteiger partial charge in [0.15, 0.2) is 0 Å². The third kappa shape index (κ3) is 4.04. The summed E-state index contributed by atoms with van der Waals surface area (Å²) in [4.78, 5) is 4.87. The summed E-state index contributed by atoms with van der Waals surface area (Å²) in [5.74, 6) is 0.813. The second-order valence-electron chi connectivity index (χ2n) is 6.13. The van der Waals surface area contributed by atoms with Crippen molar-refractivity contribution in [1.82, 2.24) is 9.80 Å². The van der Waals surface area contributed by atoms with Gasteiger partial charge in [0.25, 0.3) is 0 Å². The van der Waals surface area contributed by atoms with E-state index in [0.29, 0.717) is 5.41 Å². The molecule has 0 aromatic heterocycles. The van der Waals surface area contributed by atoms with Crippen molar-refractivity contribution < 1.29 is 0 Å². The number of nitrogens with zero attached hydrogens (tertiary/aromatic N) is 2. The number of likely N-dealkylation sites (N-methyl/N-ethyl adjacent to an activating group) is 1. The third-order valence-electron chi connectivity index (χ3n) is 3.91. The van der Waals surface area contributed by atoms with E-state index >= 15 is 0 Å². The van der Waals surface area contributed by atoms with Gasteiger partial charge >= 0.3 is 0 Å². The number of piperidine rings is 1. The molecule has 0 radical (unpaired) electrons. The van der Waals surface area contributed by atoms with Gasteiger partial charge in [0.2, 0.25) is 0 Å². The Morgan fingerprint density at radius 3 is 2.56 bits per heavy atom. The molecule has 1 rings (SSSR count). The molecule has 0 bridgehead atoms. The molecule has 2 N–H and O–H groups in total. The van der Waals surface area contributed by atoms with Gasteiger partial charge in [-0.2, -0.15) is 0 Å². The van der Waals surface area contributed by atoms with Crippen molar-refractivity contribution in [2.24, 2.45) is 17.1 Å². The summed E-state index contributed by atoms with van der Waals surface area (Å²) < 4.78 is 0. The molecule has 1 aliphatic heterocycles. The smallest absolute Gasteiger partial charge is 0.0109 e. The van der Waals surface area contributed by atoms with Crippen LogP contribution in [0.3, 0.4) is 0 Å². The molecule has 1 saturated heterocycles. The minimum absolute atomic E-state index is 0.434. The Hall–Kier alpha value is -0.120.